The normalized spacial score (nSPS) is 10.3. The van der Waals surface area contributed by atoms with E-state index in [1.54, 1.807) is 48.7 Å². The first kappa shape index (κ1) is 29.8. The monoisotopic (exact) mass is 561 g/mol. The summed E-state index contributed by atoms with van der Waals surface area (Å²) in [4.78, 5) is 52.9. The van der Waals surface area contributed by atoms with Gasteiger partial charge in [-0.15, -0.1) is 0 Å². The molecule has 2 aromatic heterocycles. The predicted octanol–water partition coefficient (Wildman–Crippen LogP) is 2.14. The molecule has 0 radical (unpaired) electrons. The Morgan fingerprint density at radius 2 is 1.63 bits per heavy atom. The van der Waals surface area contributed by atoms with Crippen LogP contribution in [-0.4, -0.2) is 66.1 Å². The summed E-state index contributed by atoms with van der Waals surface area (Å²) < 4.78 is 1.95. The fourth-order valence-electron chi connectivity index (χ4n) is 3.69. The van der Waals surface area contributed by atoms with Gasteiger partial charge in [0.25, 0.3) is 5.91 Å². The minimum atomic E-state index is -1.82. The molecule has 0 spiro atoms. The van der Waals surface area contributed by atoms with Crippen molar-refractivity contribution in [3.63, 3.8) is 0 Å². The average molecular weight is 562 g/mol. The van der Waals surface area contributed by atoms with Crippen molar-refractivity contribution in [1.82, 2.24) is 14.5 Å². The molecular formula is C27H27N7O7. The van der Waals surface area contributed by atoms with Gasteiger partial charge in [0.05, 0.1) is 24.0 Å². The molecule has 0 aliphatic rings. The molecular weight excluding hydrogens is 534 g/mol. The number of carboxylic acids is 3. The number of hydrogen-bond donors (Lipinski definition) is 6. The Morgan fingerprint density at radius 1 is 0.976 bits per heavy atom. The van der Waals surface area contributed by atoms with Crippen LogP contribution in [-0.2, 0) is 28.0 Å². The van der Waals surface area contributed by atoms with Gasteiger partial charge in [-0.3, -0.25) is 19.9 Å². The highest BCUT2D eigenvalue weighted by molar-refractivity contribution is 6.27. The highest BCUT2D eigenvalue weighted by Gasteiger charge is 2.21. The number of aromatic nitrogens is 3. The highest BCUT2D eigenvalue weighted by atomic mass is 16.4. The number of aryl methyl sites for hydroxylation is 1. The minimum Gasteiger partial charge on any atom is -0.481 e. The first-order valence-corrected chi connectivity index (χ1v) is 12.0. The van der Waals surface area contributed by atoms with Crippen molar-refractivity contribution in [1.29, 1.82) is 5.41 Å². The van der Waals surface area contributed by atoms with E-state index in [1.165, 1.54) is 4.90 Å². The van der Waals surface area contributed by atoms with Crippen LogP contribution in [0.4, 0.5) is 11.5 Å². The first-order valence-electron chi connectivity index (χ1n) is 12.0. The number of hydrogen-bond acceptors (Lipinski definition) is 8. The SMILES string of the molecule is Cn1c(CNc2ccc(C(=N)N)cc2)nc2cc(C(=O)N(CCC(=O)O)c3ccccn3)ccc21.O=C(O)C(=O)O. The summed E-state index contributed by atoms with van der Waals surface area (Å²) in [5.74, 6) is -3.81. The van der Waals surface area contributed by atoms with E-state index in [9.17, 15) is 9.59 Å². The molecule has 212 valence electrons. The molecule has 0 aliphatic carbocycles. The molecule has 41 heavy (non-hydrogen) atoms. The Bertz CT molecular complexity index is 1570. The number of fused-ring (bicyclic) bond motifs is 1. The molecule has 0 saturated carbocycles. The largest absolute Gasteiger partial charge is 0.481 e. The third-order valence-electron chi connectivity index (χ3n) is 5.77. The Morgan fingerprint density at radius 3 is 2.20 bits per heavy atom. The zero-order valence-corrected chi connectivity index (χ0v) is 21.8. The number of amides is 1. The van der Waals surface area contributed by atoms with E-state index >= 15 is 0 Å². The fraction of sp³-hybridized carbons (Fsp3) is 0.148. The van der Waals surface area contributed by atoms with Crippen LogP contribution in [0, 0.1) is 5.41 Å². The number of benzene rings is 2. The summed E-state index contributed by atoms with van der Waals surface area (Å²) in [5, 5.41) is 34.7. The zero-order chi connectivity index (χ0) is 30.1. The lowest BCUT2D eigenvalue weighted by molar-refractivity contribution is -0.159. The van der Waals surface area contributed by atoms with Crippen LogP contribution in [0.2, 0.25) is 0 Å². The molecule has 0 saturated heterocycles. The van der Waals surface area contributed by atoms with Crippen LogP contribution in [0.15, 0.2) is 66.9 Å². The summed E-state index contributed by atoms with van der Waals surface area (Å²) in [6, 6.07) is 17.6. The number of carbonyl (C=O) groups excluding carboxylic acids is 1. The van der Waals surface area contributed by atoms with Gasteiger partial charge in [0.2, 0.25) is 0 Å². The molecule has 0 bridgehead atoms. The third kappa shape index (κ3) is 7.86. The summed E-state index contributed by atoms with van der Waals surface area (Å²) in [6.07, 6.45) is 1.36. The van der Waals surface area contributed by atoms with E-state index in [4.69, 9.17) is 36.1 Å². The van der Waals surface area contributed by atoms with Crippen molar-refractivity contribution in [2.45, 2.75) is 13.0 Å². The lowest BCUT2D eigenvalue weighted by Crippen LogP contribution is -2.33. The summed E-state index contributed by atoms with van der Waals surface area (Å²) >= 11 is 0. The number of pyridine rings is 1. The van der Waals surface area contributed by atoms with Crippen LogP contribution in [0.5, 0.6) is 0 Å². The Labute approximate surface area is 233 Å². The first-order chi connectivity index (χ1) is 19.5. The van der Waals surface area contributed by atoms with Crippen molar-refractivity contribution in [2.24, 2.45) is 12.8 Å². The minimum absolute atomic E-state index is 0.00300. The zero-order valence-electron chi connectivity index (χ0n) is 21.8. The van der Waals surface area contributed by atoms with Crippen molar-refractivity contribution in [2.75, 3.05) is 16.8 Å². The lowest BCUT2D eigenvalue weighted by atomic mass is 10.1. The van der Waals surface area contributed by atoms with E-state index in [1.807, 2.05) is 29.8 Å². The number of rotatable bonds is 9. The average Bonchev–Trinajstić information content (AvgIpc) is 3.27. The quantitative estimate of drug-likeness (QED) is 0.0985. The number of nitrogens with one attached hydrogen (secondary N) is 2. The molecule has 7 N–H and O–H groups in total. The Balaban J connectivity index is 0.000000696. The smallest absolute Gasteiger partial charge is 0.414 e. The van der Waals surface area contributed by atoms with Gasteiger partial charge >= 0.3 is 17.9 Å². The van der Waals surface area contributed by atoms with Gasteiger partial charge in [-0.05, 0) is 54.6 Å². The maximum Gasteiger partial charge on any atom is 0.414 e. The number of anilines is 2. The Hall–Kier alpha value is -5.79. The molecule has 0 unspecified atom stereocenters. The van der Waals surface area contributed by atoms with Crippen LogP contribution >= 0.6 is 0 Å². The van der Waals surface area contributed by atoms with Gasteiger partial charge in [0.1, 0.15) is 17.5 Å². The van der Waals surface area contributed by atoms with Gasteiger partial charge in [-0.2, -0.15) is 0 Å². The molecule has 2 heterocycles. The molecule has 4 aromatic rings. The Kier molecular flexibility index (Phi) is 9.67. The van der Waals surface area contributed by atoms with E-state index < -0.39 is 17.9 Å². The number of nitrogens with two attached hydrogens (primary N) is 1. The molecule has 14 nitrogen and oxygen atoms in total. The van der Waals surface area contributed by atoms with Crippen molar-refractivity contribution < 1.29 is 34.5 Å². The van der Waals surface area contributed by atoms with E-state index in [-0.39, 0.29) is 24.7 Å². The van der Waals surface area contributed by atoms with Crippen molar-refractivity contribution >= 4 is 52.2 Å². The standard InChI is InChI=1S/C25H25N7O3.C2H2O4/c1-31-20-10-7-17(25(35)32(13-11-23(33)34)21-4-2-3-12-28-21)14-19(20)30-22(31)15-29-18-8-5-16(6-9-18)24(26)27;3-1(4)2(5)6/h2-10,12,14,29H,11,13,15H2,1H3,(H3,26,27)(H,33,34);(H,3,4)(H,5,6). The van der Waals surface area contributed by atoms with E-state index in [2.05, 4.69) is 15.3 Å². The molecule has 14 heteroatoms. The highest BCUT2D eigenvalue weighted by Crippen LogP contribution is 2.21. The van der Waals surface area contributed by atoms with Gasteiger partial charge < -0.3 is 30.9 Å². The summed E-state index contributed by atoms with van der Waals surface area (Å²) in [7, 11) is 1.90. The fourth-order valence-corrected chi connectivity index (χ4v) is 3.69. The van der Waals surface area contributed by atoms with Gasteiger partial charge in [0, 0.05) is 36.6 Å². The van der Waals surface area contributed by atoms with Crippen LogP contribution in [0.3, 0.4) is 0 Å². The molecule has 0 aliphatic heterocycles. The molecule has 0 fully saturated rings. The van der Waals surface area contributed by atoms with Gasteiger partial charge in [-0.25, -0.2) is 19.6 Å². The second-order valence-corrected chi connectivity index (χ2v) is 8.53. The number of imidazole rings is 1. The van der Waals surface area contributed by atoms with Crippen molar-refractivity contribution in [3.8, 4) is 0 Å². The lowest BCUT2D eigenvalue weighted by Gasteiger charge is -2.21. The maximum absolute atomic E-state index is 13.3. The summed E-state index contributed by atoms with van der Waals surface area (Å²) in [6.45, 7) is 0.454. The molecule has 1 amide bonds. The van der Waals surface area contributed by atoms with Crippen LogP contribution < -0.4 is 16.0 Å². The van der Waals surface area contributed by atoms with Gasteiger partial charge in [0.15, 0.2) is 0 Å². The van der Waals surface area contributed by atoms with Gasteiger partial charge in [-0.1, -0.05) is 6.07 Å². The predicted molar refractivity (Wildman–Crippen MR) is 149 cm³/mol. The third-order valence-corrected chi connectivity index (χ3v) is 5.77. The molecule has 0 atom stereocenters. The second-order valence-electron chi connectivity index (χ2n) is 8.53. The van der Waals surface area contributed by atoms with E-state index in [0.29, 0.717) is 29.0 Å². The molecule has 2 aromatic carbocycles. The maximum atomic E-state index is 13.3. The number of carbonyl (C=O) groups is 4. The number of aliphatic carboxylic acids is 3. The summed E-state index contributed by atoms with van der Waals surface area (Å²) in [5.41, 5.74) is 8.92. The number of amidine groups is 1. The number of carboxylic acid groups (broad SMARTS) is 3. The number of nitrogen functional groups attached to an aromatic ring is 1. The molecule has 4 rings (SSSR count). The topological polar surface area (TPSA) is 225 Å². The van der Waals surface area contributed by atoms with Crippen LogP contribution in [0.1, 0.15) is 28.2 Å². The van der Waals surface area contributed by atoms with E-state index in [0.717, 1.165) is 17.0 Å². The van der Waals surface area contributed by atoms with Crippen molar-refractivity contribution in [3.05, 3.63) is 83.8 Å². The second kappa shape index (κ2) is 13.3. The number of nitrogens with zero attached hydrogens (tertiary/aromatic N) is 4. The van der Waals surface area contributed by atoms with Crippen LogP contribution in [0.25, 0.3) is 11.0 Å².